The van der Waals surface area contributed by atoms with E-state index in [2.05, 4.69) is 276 Å². The molecule has 0 amide bonds. The van der Waals surface area contributed by atoms with Gasteiger partial charge in [-0.15, -0.1) is 20.4 Å². The number of nitrogens with zero attached hydrogens (tertiary/aromatic N) is 25. The lowest BCUT2D eigenvalue weighted by Gasteiger charge is -2.32. The van der Waals surface area contributed by atoms with Crippen molar-refractivity contribution in [3.8, 4) is 95.8 Å². The maximum Gasteiger partial charge on any atom is 0.131 e. The van der Waals surface area contributed by atoms with Gasteiger partial charge in [-0.3, -0.25) is 59.9 Å². The highest BCUT2D eigenvalue weighted by Crippen LogP contribution is 2.40. The Morgan fingerprint density at radius 2 is 0.690 bits per heavy atom. The second-order valence-corrected chi connectivity index (χ2v) is 38.2. The standard InChI is InChI=1S/C30H27N7.C29H28N8.C27H26FN7O.C27H26FN7/c1-2-5-24-16-21(7-8-22(24)4-1)18-36-15-3-6-26(19-36)37-20-29(33-35-37)25-9-10-28-27(17-25)30(34-32-28)23-11-13-31-14-12-23;1-35-16-22(24-6-2-3-7-28(24)35)17-36-14-4-5-23(18-36)37-19-27(32-34-37)21-8-9-26-25(15-21)29(33-31-26)20-10-12-30-13-11-20;1-36-26-6-2-5-23(28)22(26)16-34-13-3-4-20(15-34)35-17-25(31-33-35)19-7-8-24-21(14-19)27(32-30-24)18-9-11-29-12-10-18;1-18-4-2-6-24(28)23(18)16-34-13-3-5-21(15-34)35-17-26(31-33-35)20-7-8-25-22(14-20)27(32-30-25)19-9-11-29-12-10-19/h1-2,4-5,7-14,16-17,20,26H,3,6,15,18-19H2,(H,32,34);2-3,6-13,15-16,19,23H,4-5,14,17-18H2,1H3,(H,31,33);2,5-12,14,17,20H,3-4,13,15-16H2,1H3,(H,30,32);2,4,6-12,14,17,21H,3,5,13,15-16H2,1H3,(H,30,32)/t26-;23-;20-;21-/m1111/s1. The fourth-order valence-corrected chi connectivity index (χ4v) is 21.1. The zero-order chi connectivity index (χ0) is 97.6. The summed E-state index contributed by atoms with van der Waals surface area (Å²) < 4.78 is 44.5. The highest BCUT2D eigenvalue weighted by molar-refractivity contribution is 5.99. The minimum Gasteiger partial charge on any atom is -0.496 e. The molecule has 4 fully saturated rings. The summed E-state index contributed by atoms with van der Waals surface area (Å²) in [6, 6.07) is 75.9. The summed E-state index contributed by atoms with van der Waals surface area (Å²) in [5.41, 5.74) is 25.5. The van der Waals surface area contributed by atoms with Crippen molar-refractivity contribution < 1.29 is 13.5 Å². The molecule has 13 aromatic heterocycles. The van der Waals surface area contributed by atoms with Crippen LogP contribution in [0.1, 0.15) is 103 Å². The van der Waals surface area contributed by atoms with Crippen molar-refractivity contribution >= 4 is 65.3 Å². The van der Waals surface area contributed by atoms with Gasteiger partial charge in [0.05, 0.1) is 78.1 Å². The van der Waals surface area contributed by atoms with E-state index in [4.69, 9.17) is 4.74 Å². The minimum atomic E-state index is -0.236. The molecule has 4 aliphatic rings. The Kier molecular flexibility index (Phi) is 26.3. The summed E-state index contributed by atoms with van der Waals surface area (Å²) >= 11 is 0. The minimum absolute atomic E-state index is 0.129. The molecule has 0 radical (unpaired) electrons. The molecule has 9 aromatic carbocycles. The van der Waals surface area contributed by atoms with Crippen molar-refractivity contribution in [2.75, 3.05) is 59.5 Å². The number of aromatic nitrogens is 25. The summed E-state index contributed by atoms with van der Waals surface area (Å²) in [4.78, 5) is 26.1. The molecule has 17 heterocycles. The smallest absolute Gasteiger partial charge is 0.131 e. The van der Waals surface area contributed by atoms with Crippen molar-refractivity contribution in [3.05, 3.63) is 344 Å². The number of hydrogen-bond donors (Lipinski definition) is 4. The lowest BCUT2D eigenvalue weighted by Crippen LogP contribution is -2.36. The molecule has 724 valence electrons. The van der Waals surface area contributed by atoms with Crippen LogP contribution < -0.4 is 4.74 Å². The van der Waals surface area contributed by atoms with Crippen LogP contribution in [0.4, 0.5) is 8.78 Å². The lowest BCUT2D eigenvalue weighted by atomic mass is 10.0. The molecule has 0 bridgehead atoms. The quantitative estimate of drug-likeness (QED) is 0.0519. The van der Waals surface area contributed by atoms with E-state index in [1.165, 1.54) is 38.9 Å². The maximum atomic E-state index is 14.5. The Bertz CT molecular complexity index is 8250. The van der Waals surface area contributed by atoms with Gasteiger partial charge in [-0.05, 0) is 239 Å². The van der Waals surface area contributed by atoms with E-state index in [0.717, 1.165) is 262 Å². The molecule has 4 atom stereocenters. The number of fused-ring (bicyclic) bond motifs is 6. The first-order valence-electron chi connectivity index (χ1n) is 49.6. The Morgan fingerprint density at radius 1 is 0.331 bits per heavy atom. The number of rotatable bonds is 21. The summed E-state index contributed by atoms with van der Waals surface area (Å²) in [5.74, 6) is 0.220. The number of para-hydroxylation sites is 1. The van der Waals surface area contributed by atoms with E-state index in [0.29, 0.717) is 36.5 Å². The van der Waals surface area contributed by atoms with E-state index in [-0.39, 0.29) is 23.7 Å². The molecule has 0 unspecified atom stereocenters. The van der Waals surface area contributed by atoms with Crippen LogP contribution in [0, 0.1) is 18.6 Å². The molecule has 30 nitrogen and oxygen atoms in total. The molecule has 4 saturated heterocycles. The van der Waals surface area contributed by atoms with Gasteiger partial charge >= 0.3 is 0 Å². The number of ether oxygens (including phenoxy) is 1. The average Bonchev–Trinajstić information content (AvgIpc) is 1.65. The van der Waals surface area contributed by atoms with Gasteiger partial charge in [-0.2, -0.15) is 20.4 Å². The molecule has 0 saturated carbocycles. The highest BCUT2D eigenvalue weighted by Gasteiger charge is 2.31. The fraction of sp³-hybridized carbons (Fsp3) is 0.239. The number of piperidine rings is 4. The van der Waals surface area contributed by atoms with Crippen molar-refractivity contribution in [2.45, 2.75) is 109 Å². The molecule has 4 N–H and O–H groups in total. The molecular weight excluding hydrogens is 1820 g/mol. The molecule has 22 aromatic rings. The van der Waals surface area contributed by atoms with Crippen LogP contribution in [0.25, 0.3) is 155 Å². The average molecular weight is 1930 g/mol. The number of likely N-dealkylation sites (tertiary alicyclic amines) is 4. The maximum absolute atomic E-state index is 14.5. The van der Waals surface area contributed by atoms with Crippen LogP contribution >= 0.6 is 0 Å². The topological polar surface area (TPSA) is 316 Å². The molecule has 0 spiro atoms. The number of hydrogen-bond acceptors (Lipinski definition) is 21. The predicted octanol–water partition coefficient (Wildman–Crippen LogP) is 21.1. The van der Waals surface area contributed by atoms with Gasteiger partial charge in [-0.25, -0.2) is 27.5 Å². The number of benzene rings is 9. The Labute approximate surface area is 834 Å². The number of aryl methyl sites for hydroxylation is 2. The van der Waals surface area contributed by atoms with Crippen molar-refractivity contribution in [3.63, 3.8) is 0 Å². The van der Waals surface area contributed by atoms with Crippen LogP contribution in [-0.2, 0) is 33.2 Å². The summed E-state index contributed by atoms with van der Waals surface area (Å²) in [6.45, 7) is 12.6. The summed E-state index contributed by atoms with van der Waals surface area (Å²) in [5, 5.41) is 74.9. The van der Waals surface area contributed by atoms with Crippen LogP contribution in [0.5, 0.6) is 5.75 Å². The monoisotopic (exact) mass is 1920 g/mol. The van der Waals surface area contributed by atoms with E-state index in [1.54, 1.807) is 81.0 Å². The Hall–Kier alpha value is -16.7. The van der Waals surface area contributed by atoms with Crippen LogP contribution in [0.3, 0.4) is 0 Å². The van der Waals surface area contributed by atoms with Crippen molar-refractivity contribution in [1.82, 2.24) is 145 Å². The number of halogens is 2. The first-order chi connectivity index (χ1) is 71.4. The SMILES string of the molecule is COc1cccc(F)c1CN1CCC[C@@H](n2cc(-c3ccc4[nH]nc(-c5ccncc5)c4c3)nn2)C1.Cc1cccc(F)c1CN1CCC[C@@H](n2cc(-c3ccc4[nH]nc(-c5ccncc5)c4c3)nn2)C1.Cn1cc(CN2CCC[C@@H](n3cc(-c4ccc5[nH]nc(-c6ccncc6)c5c4)nn3)C2)c2ccccc21.c1ccc2cc(CN3CCC[C@@H](n4cc(-c5ccc6[nH]nc(-c7ccncc7)c6c5)nn4)C3)ccc2c1. The third-order valence-corrected chi connectivity index (χ3v) is 28.7. The van der Waals surface area contributed by atoms with Gasteiger partial charge in [0, 0.05) is 203 Å². The van der Waals surface area contributed by atoms with E-state index in [1.807, 2.05) is 108 Å². The largest absolute Gasteiger partial charge is 0.496 e. The van der Waals surface area contributed by atoms with Gasteiger partial charge in [-0.1, -0.05) is 118 Å². The number of aromatic amines is 4. The van der Waals surface area contributed by atoms with Gasteiger partial charge in [0.2, 0.25) is 0 Å². The zero-order valence-corrected chi connectivity index (χ0v) is 80.7. The molecular formula is C113H107F2N29O. The third-order valence-electron chi connectivity index (χ3n) is 28.7. The molecule has 0 aliphatic carbocycles. The predicted molar refractivity (Wildman–Crippen MR) is 559 cm³/mol. The van der Waals surface area contributed by atoms with Crippen LogP contribution in [0.15, 0.2) is 305 Å². The third kappa shape index (κ3) is 20.0. The first kappa shape index (κ1) is 92.1. The van der Waals surface area contributed by atoms with Gasteiger partial charge in [0.15, 0.2) is 0 Å². The van der Waals surface area contributed by atoms with E-state index < -0.39 is 0 Å². The second kappa shape index (κ2) is 41.5. The van der Waals surface area contributed by atoms with E-state index in [9.17, 15) is 8.78 Å². The molecule has 145 heavy (non-hydrogen) atoms. The number of pyridine rings is 4. The van der Waals surface area contributed by atoms with E-state index >= 15 is 0 Å². The van der Waals surface area contributed by atoms with Gasteiger partial charge in [0.1, 0.15) is 62.9 Å². The van der Waals surface area contributed by atoms with Crippen LogP contribution in [-0.4, -0.2) is 204 Å². The molecule has 26 rings (SSSR count). The summed E-state index contributed by atoms with van der Waals surface area (Å²) in [7, 11) is 3.71. The summed E-state index contributed by atoms with van der Waals surface area (Å²) in [6.07, 6.45) is 33.3. The van der Waals surface area contributed by atoms with Gasteiger partial charge < -0.3 is 9.30 Å². The van der Waals surface area contributed by atoms with Crippen LogP contribution in [0.2, 0.25) is 0 Å². The van der Waals surface area contributed by atoms with Crippen molar-refractivity contribution in [2.24, 2.45) is 7.05 Å². The molecule has 4 aliphatic heterocycles. The second-order valence-electron chi connectivity index (χ2n) is 38.2. The number of H-pyrrole nitrogens is 4. The highest BCUT2D eigenvalue weighted by atomic mass is 19.1. The lowest BCUT2D eigenvalue weighted by molar-refractivity contribution is 0.159. The Morgan fingerprint density at radius 3 is 1.09 bits per heavy atom. The normalized spacial score (nSPS) is 16.6. The Balaban J connectivity index is 0.000000107. The van der Waals surface area contributed by atoms with Crippen molar-refractivity contribution in [1.29, 1.82) is 0 Å². The van der Waals surface area contributed by atoms with Gasteiger partial charge in [0.25, 0.3) is 0 Å². The number of methoxy groups -OCH3 is 1. The fourth-order valence-electron chi connectivity index (χ4n) is 21.1. The zero-order valence-electron chi connectivity index (χ0n) is 80.7. The number of nitrogens with one attached hydrogen (secondary N) is 4. The molecule has 32 heteroatoms. The first-order valence-corrected chi connectivity index (χ1v) is 49.6.